The molecule has 0 aliphatic carbocycles. The number of hydrogen-bond donors (Lipinski definition) is 1. The van der Waals surface area contributed by atoms with Crippen molar-refractivity contribution in [3.8, 4) is 0 Å². The number of para-hydroxylation sites is 1. The molecule has 1 aliphatic rings. The summed E-state index contributed by atoms with van der Waals surface area (Å²) < 4.78 is 13.9. The smallest absolute Gasteiger partial charge is 0.231 e. The van der Waals surface area contributed by atoms with Gasteiger partial charge in [-0.15, -0.1) is 11.3 Å². The van der Waals surface area contributed by atoms with Crippen LogP contribution < -0.4 is 10.2 Å². The summed E-state index contributed by atoms with van der Waals surface area (Å²) >= 11 is 1.42. The average molecular weight is 347 g/mol. The molecule has 24 heavy (non-hydrogen) atoms. The predicted octanol–water partition coefficient (Wildman–Crippen LogP) is 3.14. The number of aromatic nitrogens is 1. The van der Waals surface area contributed by atoms with Crippen molar-refractivity contribution < 1.29 is 14.0 Å². The van der Waals surface area contributed by atoms with E-state index in [0.29, 0.717) is 5.13 Å². The second-order valence-electron chi connectivity index (χ2n) is 5.72. The highest BCUT2D eigenvalue weighted by atomic mass is 32.1. The van der Waals surface area contributed by atoms with Crippen LogP contribution in [0.25, 0.3) is 0 Å². The van der Waals surface area contributed by atoms with Crippen LogP contribution in [-0.4, -0.2) is 23.3 Å². The number of amides is 2. The third kappa shape index (κ3) is 3.17. The normalized spacial score (nSPS) is 17.4. The molecule has 1 N–H and O–H groups in total. The number of nitrogens with zero attached hydrogens (tertiary/aromatic N) is 2. The van der Waals surface area contributed by atoms with Gasteiger partial charge in [-0.3, -0.25) is 9.59 Å². The number of carbonyl (C=O) groups is 2. The molecular formula is C17H18FN3O2S. The first-order valence-electron chi connectivity index (χ1n) is 7.81. The van der Waals surface area contributed by atoms with Gasteiger partial charge in [-0.05, 0) is 25.5 Å². The fraction of sp³-hybridized carbons (Fsp3) is 0.353. The average Bonchev–Trinajstić information content (AvgIpc) is 3.10. The number of thiazole rings is 1. The lowest BCUT2D eigenvalue weighted by Crippen LogP contribution is -2.28. The molecule has 0 radical (unpaired) electrons. The van der Waals surface area contributed by atoms with Gasteiger partial charge in [0, 0.05) is 17.8 Å². The third-order valence-electron chi connectivity index (χ3n) is 4.10. The summed E-state index contributed by atoms with van der Waals surface area (Å²) in [6, 6.07) is 6.09. The molecule has 1 aromatic carbocycles. The molecule has 0 spiro atoms. The second kappa shape index (κ2) is 6.68. The Bertz CT molecular complexity index is 790. The van der Waals surface area contributed by atoms with Crippen molar-refractivity contribution in [3.05, 3.63) is 40.7 Å². The van der Waals surface area contributed by atoms with Crippen molar-refractivity contribution in [1.82, 2.24) is 4.98 Å². The van der Waals surface area contributed by atoms with Crippen molar-refractivity contribution >= 4 is 34.0 Å². The minimum atomic E-state index is -0.508. The molecule has 5 nitrogen and oxygen atoms in total. The van der Waals surface area contributed by atoms with Crippen LogP contribution in [0.2, 0.25) is 0 Å². The number of benzene rings is 1. The Kier molecular flexibility index (Phi) is 4.62. The van der Waals surface area contributed by atoms with Gasteiger partial charge >= 0.3 is 0 Å². The molecule has 1 atom stereocenters. The molecule has 7 heteroatoms. The maximum Gasteiger partial charge on any atom is 0.231 e. The van der Waals surface area contributed by atoms with Crippen molar-refractivity contribution in [2.75, 3.05) is 16.8 Å². The first-order valence-corrected chi connectivity index (χ1v) is 8.63. The summed E-state index contributed by atoms with van der Waals surface area (Å²) in [6.45, 7) is 4.15. The van der Waals surface area contributed by atoms with E-state index in [0.717, 1.165) is 17.0 Å². The Morgan fingerprint density at radius 2 is 2.21 bits per heavy atom. The number of carbonyl (C=O) groups excluding carboxylic acids is 2. The molecule has 3 rings (SSSR count). The summed E-state index contributed by atoms with van der Waals surface area (Å²) in [4.78, 5) is 31.4. The van der Waals surface area contributed by atoms with Gasteiger partial charge in [-0.25, -0.2) is 9.37 Å². The molecule has 1 fully saturated rings. The number of hydrogen-bond acceptors (Lipinski definition) is 4. The minimum Gasteiger partial charge on any atom is -0.309 e. The van der Waals surface area contributed by atoms with Gasteiger partial charge in [-0.1, -0.05) is 19.1 Å². The predicted molar refractivity (Wildman–Crippen MR) is 91.7 cm³/mol. The van der Waals surface area contributed by atoms with Crippen LogP contribution in [0.3, 0.4) is 0 Å². The molecule has 1 aromatic heterocycles. The Morgan fingerprint density at radius 3 is 2.88 bits per heavy atom. The van der Waals surface area contributed by atoms with Gasteiger partial charge in [-0.2, -0.15) is 0 Å². The quantitative estimate of drug-likeness (QED) is 0.924. The summed E-state index contributed by atoms with van der Waals surface area (Å²) in [7, 11) is 0. The van der Waals surface area contributed by atoms with Crippen molar-refractivity contribution in [2.45, 2.75) is 26.7 Å². The Labute approximate surface area is 143 Å². The Balaban J connectivity index is 1.71. The van der Waals surface area contributed by atoms with Crippen LogP contribution in [0.4, 0.5) is 15.2 Å². The summed E-state index contributed by atoms with van der Waals surface area (Å²) in [5, 5.41) is 3.33. The fourth-order valence-electron chi connectivity index (χ4n) is 2.80. The molecule has 126 valence electrons. The zero-order valence-corrected chi connectivity index (χ0v) is 14.3. The lowest BCUT2D eigenvalue weighted by Gasteiger charge is -2.17. The first kappa shape index (κ1) is 16.6. The molecular weight excluding hydrogens is 329 g/mol. The lowest BCUT2D eigenvalue weighted by molar-refractivity contribution is -0.122. The van der Waals surface area contributed by atoms with E-state index in [-0.39, 0.29) is 30.5 Å². The van der Waals surface area contributed by atoms with E-state index in [1.165, 1.54) is 22.3 Å². The van der Waals surface area contributed by atoms with Gasteiger partial charge in [0.25, 0.3) is 0 Å². The van der Waals surface area contributed by atoms with Crippen LogP contribution in [0.15, 0.2) is 24.3 Å². The van der Waals surface area contributed by atoms with Crippen LogP contribution in [-0.2, 0) is 16.0 Å². The molecule has 0 saturated carbocycles. The van der Waals surface area contributed by atoms with E-state index in [2.05, 4.69) is 10.3 Å². The van der Waals surface area contributed by atoms with E-state index in [1.54, 1.807) is 18.2 Å². The van der Waals surface area contributed by atoms with Crippen molar-refractivity contribution in [3.63, 3.8) is 0 Å². The van der Waals surface area contributed by atoms with E-state index < -0.39 is 11.7 Å². The summed E-state index contributed by atoms with van der Waals surface area (Å²) in [6.07, 6.45) is 0.881. The van der Waals surface area contributed by atoms with Gasteiger partial charge in [0.05, 0.1) is 17.3 Å². The number of rotatable bonds is 4. The third-order valence-corrected chi connectivity index (χ3v) is 5.03. The highest BCUT2D eigenvalue weighted by Gasteiger charge is 2.36. The Morgan fingerprint density at radius 1 is 1.46 bits per heavy atom. The van der Waals surface area contributed by atoms with Crippen molar-refractivity contribution in [1.29, 1.82) is 0 Å². The fourth-order valence-corrected chi connectivity index (χ4v) is 3.71. The summed E-state index contributed by atoms with van der Waals surface area (Å²) in [5.41, 5.74) is 1.18. The van der Waals surface area contributed by atoms with Crippen LogP contribution in [0, 0.1) is 18.7 Å². The minimum absolute atomic E-state index is 0.0746. The van der Waals surface area contributed by atoms with E-state index >= 15 is 0 Å². The van der Waals surface area contributed by atoms with Gasteiger partial charge in [0.1, 0.15) is 5.82 Å². The highest BCUT2D eigenvalue weighted by Crippen LogP contribution is 2.29. The van der Waals surface area contributed by atoms with E-state index in [9.17, 15) is 14.0 Å². The topological polar surface area (TPSA) is 62.3 Å². The molecule has 2 aromatic rings. The molecule has 0 bridgehead atoms. The number of aryl methyl sites for hydroxylation is 2. The van der Waals surface area contributed by atoms with Crippen LogP contribution in [0.5, 0.6) is 0 Å². The number of halogens is 1. The van der Waals surface area contributed by atoms with Crippen LogP contribution in [0.1, 0.15) is 23.9 Å². The maximum atomic E-state index is 13.9. The SMILES string of the molecule is CCc1nc(NC(=O)[C@H]2CC(=O)N(c3ccccc3F)C2)sc1C. The molecule has 2 heterocycles. The Hall–Kier alpha value is -2.28. The van der Waals surface area contributed by atoms with Gasteiger partial charge in [0.2, 0.25) is 11.8 Å². The number of nitrogens with one attached hydrogen (secondary N) is 1. The van der Waals surface area contributed by atoms with E-state index in [1.807, 2.05) is 13.8 Å². The summed E-state index contributed by atoms with van der Waals surface area (Å²) in [5.74, 6) is -1.47. The molecule has 1 aliphatic heterocycles. The monoisotopic (exact) mass is 347 g/mol. The number of anilines is 2. The van der Waals surface area contributed by atoms with Crippen molar-refractivity contribution in [2.24, 2.45) is 5.92 Å². The standard InChI is InChI=1S/C17H18FN3O2S/c1-3-13-10(2)24-17(19-13)20-16(23)11-8-15(22)21(9-11)14-7-5-4-6-12(14)18/h4-7,11H,3,8-9H2,1-2H3,(H,19,20,23)/t11-/m0/s1. The van der Waals surface area contributed by atoms with Crippen LogP contribution >= 0.6 is 11.3 Å². The van der Waals surface area contributed by atoms with E-state index in [4.69, 9.17) is 0 Å². The largest absolute Gasteiger partial charge is 0.309 e. The van der Waals surface area contributed by atoms with Gasteiger partial charge in [0.15, 0.2) is 5.13 Å². The molecule has 1 saturated heterocycles. The lowest BCUT2D eigenvalue weighted by atomic mass is 10.1. The maximum absolute atomic E-state index is 13.9. The second-order valence-corrected chi connectivity index (χ2v) is 6.92. The molecule has 0 unspecified atom stereocenters. The zero-order valence-electron chi connectivity index (χ0n) is 13.5. The zero-order chi connectivity index (χ0) is 17.3. The molecule has 2 amide bonds. The first-order chi connectivity index (χ1) is 11.5. The highest BCUT2D eigenvalue weighted by molar-refractivity contribution is 7.15. The van der Waals surface area contributed by atoms with Gasteiger partial charge < -0.3 is 10.2 Å².